The Morgan fingerprint density at radius 2 is 2.00 bits per heavy atom. The van der Waals surface area contributed by atoms with E-state index in [1.807, 2.05) is 6.07 Å². The van der Waals surface area contributed by atoms with Crippen LogP contribution >= 0.6 is 11.6 Å². The zero-order chi connectivity index (χ0) is 9.84. The molecular weight excluding hydrogens is 180 g/mol. The fourth-order valence-electron chi connectivity index (χ4n) is 1.60. The first kappa shape index (κ1) is 10.6. The van der Waals surface area contributed by atoms with Crippen molar-refractivity contribution in [2.24, 2.45) is 0 Å². The van der Waals surface area contributed by atoms with Crippen molar-refractivity contribution in [3.05, 3.63) is 34.3 Å². The van der Waals surface area contributed by atoms with Crippen LogP contribution in [0.25, 0.3) is 0 Å². The van der Waals surface area contributed by atoms with Crippen LogP contribution in [0, 0.1) is 0 Å². The van der Waals surface area contributed by atoms with Gasteiger partial charge < -0.3 is 0 Å². The third-order valence-corrected chi connectivity index (χ3v) is 2.48. The number of benzene rings is 1. The van der Waals surface area contributed by atoms with Crippen molar-refractivity contribution in [2.75, 3.05) is 0 Å². The Balaban J connectivity index is 3.03. The summed E-state index contributed by atoms with van der Waals surface area (Å²) in [6.45, 7) is 6.63. The predicted molar refractivity (Wildman–Crippen MR) is 59.5 cm³/mol. The molecule has 0 bridgehead atoms. The maximum Gasteiger partial charge on any atom is 0.0409 e. The Morgan fingerprint density at radius 3 is 2.54 bits per heavy atom. The normalized spacial score (nSPS) is 10.8. The lowest BCUT2D eigenvalue weighted by molar-refractivity contribution is 0.821. The molecule has 72 valence electrons. The highest BCUT2D eigenvalue weighted by Gasteiger charge is 2.05. The highest BCUT2D eigenvalue weighted by molar-refractivity contribution is 6.30. The molecule has 0 spiro atoms. The zero-order valence-corrected chi connectivity index (χ0v) is 9.36. The predicted octanol–water partition coefficient (Wildman–Crippen LogP) is 4.42. The van der Waals surface area contributed by atoms with Gasteiger partial charge in [0.1, 0.15) is 0 Å². The van der Waals surface area contributed by atoms with E-state index in [2.05, 4.69) is 32.9 Å². The SMILES string of the molecule is CCCc1ccc(Cl)cc1C(C)C. The molecule has 0 heterocycles. The Morgan fingerprint density at radius 1 is 1.31 bits per heavy atom. The largest absolute Gasteiger partial charge is 0.0843 e. The second kappa shape index (κ2) is 4.66. The van der Waals surface area contributed by atoms with Gasteiger partial charge in [-0.3, -0.25) is 0 Å². The van der Waals surface area contributed by atoms with Crippen molar-refractivity contribution in [1.82, 2.24) is 0 Å². The van der Waals surface area contributed by atoms with Crippen molar-refractivity contribution >= 4 is 11.6 Å². The first-order valence-electron chi connectivity index (χ1n) is 4.93. The molecule has 0 radical (unpaired) electrons. The summed E-state index contributed by atoms with van der Waals surface area (Å²) >= 11 is 5.96. The maximum atomic E-state index is 5.96. The molecule has 0 aliphatic carbocycles. The van der Waals surface area contributed by atoms with Gasteiger partial charge in [-0.1, -0.05) is 44.9 Å². The van der Waals surface area contributed by atoms with Crippen molar-refractivity contribution in [3.63, 3.8) is 0 Å². The van der Waals surface area contributed by atoms with Crippen LogP contribution in [0.5, 0.6) is 0 Å². The summed E-state index contributed by atoms with van der Waals surface area (Å²) in [6.07, 6.45) is 2.35. The van der Waals surface area contributed by atoms with Crippen molar-refractivity contribution in [1.29, 1.82) is 0 Å². The molecule has 0 nitrogen and oxygen atoms in total. The molecule has 1 rings (SSSR count). The minimum absolute atomic E-state index is 0.570. The zero-order valence-electron chi connectivity index (χ0n) is 8.60. The van der Waals surface area contributed by atoms with Gasteiger partial charge in [0.2, 0.25) is 0 Å². The fraction of sp³-hybridized carbons (Fsp3) is 0.500. The Bertz CT molecular complexity index is 276. The van der Waals surface area contributed by atoms with Gasteiger partial charge in [-0.2, -0.15) is 0 Å². The molecule has 13 heavy (non-hydrogen) atoms. The quantitative estimate of drug-likeness (QED) is 0.672. The Hall–Kier alpha value is -0.490. The van der Waals surface area contributed by atoms with E-state index in [0.717, 1.165) is 11.4 Å². The van der Waals surface area contributed by atoms with Gasteiger partial charge in [0.15, 0.2) is 0 Å². The second-order valence-corrected chi connectivity index (χ2v) is 4.18. The summed E-state index contributed by atoms with van der Waals surface area (Å²) in [7, 11) is 0. The molecule has 1 aromatic rings. The van der Waals surface area contributed by atoms with Gasteiger partial charge in [-0.15, -0.1) is 0 Å². The monoisotopic (exact) mass is 196 g/mol. The third kappa shape index (κ3) is 2.73. The highest BCUT2D eigenvalue weighted by Crippen LogP contribution is 2.24. The van der Waals surface area contributed by atoms with Gasteiger partial charge in [0.25, 0.3) is 0 Å². The van der Waals surface area contributed by atoms with Crippen molar-refractivity contribution in [2.45, 2.75) is 39.5 Å². The summed E-state index contributed by atoms with van der Waals surface area (Å²) in [4.78, 5) is 0. The molecule has 0 amide bonds. The van der Waals surface area contributed by atoms with E-state index >= 15 is 0 Å². The molecule has 0 aliphatic rings. The topological polar surface area (TPSA) is 0 Å². The second-order valence-electron chi connectivity index (χ2n) is 3.75. The van der Waals surface area contributed by atoms with Gasteiger partial charge in [-0.05, 0) is 35.6 Å². The molecule has 0 saturated heterocycles. The van der Waals surface area contributed by atoms with E-state index in [1.165, 1.54) is 17.5 Å². The van der Waals surface area contributed by atoms with E-state index in [-0.39, 0.29) is 0 Å². The number of halogens is 1. The van der Waals surface area contributed by atoms with E-state index < -0.39 is 0 Å². The standard InChI is InChI=1S/C12H17Cl/c1-4-5-10-6-7-11(13)8-12(10)9(2)3/h6-9H,4-5H2,1-3H3. The Labute approximate surface area is 85.9 Å². The number of hydrogen-bond donors (Lipinski definition) is 0. The lowest BCUT2D eigenvalue weighted by Gasteiger charge is -2.12. The molecule has 1 aromatic carbocycles. The van der Waals surface area contributed by atoms with Crippen LogP contribution in [-0.2, 0) is 6.42 Å². The van der Waals surface area contributed by atoms with Crippen LogP contribution in [0.4, 0.5) is 0 Å². The lowest BCUT2D eigenvalue weighted by Crippen LogP contribution is -1.95. The fourth-order valence-corrected chi connectivity index (χ4v) is 1.78. The average Bonchev–Trinajstić information content (AvgIpc) is 2.08. The molecule has 0 saturated carbocycles. The first-order chi connectivity index (χ1) is 6.15. The summed E-state index contributed by atoms with van der Waals surface area (Å²) in [6, 6.07) is 6.23. The van der Waals surface area contributed by atoms with Crippen molar-refractivity contribution in [3.8, 4) is 0 Å². The summed E-state index contributed by atoms with van der Waals surface area (Å²) in [5.74, 6) is 0.570. The minimum atomic E-state index is 0.570. The van der Waals surface area contributed by atoms with Crippen LogP contribution in [0.1, 0.15) is 44.2 Å². The van der Waals surface area contributed by atoms with E-state index in [0.29, 0.717) is 5.92 Å². The third-order valence-electron chi connectivity index (χ3n) is 2.25. The number of aryl methyl sites for hydroxylation is 1. The highest BCUT2D eigenvalue weighted by atomic mass is 35.5. The van der Waals surface area contributed by atoms with Crippen LogP contribution in [-0.4, -0.2) is 0 Å². The molecule has 0 aromatic heterocycles. The van der Waals surface area contributed by atoms with E-state index in [1.54, 1.807) is 0 Å². The number of rotatable bonds is 3. The van der Waals surface area contributed by atoms with Gasteiger partial charge >= 0.3 is 0 Å². The van der Waals surface area contributed by atoms with Crippen LogP contribution < -0.4 is 0 Å². The van der Waals surface area contributed by atoms with Crippen LogP contribution in [0.2, 0.25) is 5.02 Å². The lowest BCUT2D eigenvalue weighted by atomic mass is 9.95. The van der Waals surface area contributed by atoms with Gasteiger partial charge in [-0.25, -0.2) is 0 Å². The molecule has 0 N–H and O–H groups in total. The van der Waals surface area contributed by atoms with Gasteiger partial charge in [0.05, 0.1) is 0 Å². The van der Waals surface area contributed by atoms with Crippen molar-refractivity contribution < 1.29 is 0 Å². The van der Waals surface area contributed by atoms with Crippen LogP contribution in [0.15, 0.2) is 18.2 Å². The summed E-state index contributed by atoms with van der Waals surface area (Å²) in [5, 5.41) is 0.851. The molecule has 0 unspecified atom stereocenters. The summed E-state index contributed by atoms with van der Waals surface area (Å²) in [5.41, 5.74) is 2.84. The minimum Gasteiger partial charge on any atom is -0.0843 e. The van der Waals surface area contributed by atoms with E-state index in [4.69, 9.17) is 11.6 Å². The molecular formula is C12H17Cl. The number of hydrogen-bond acceptors (Lipinski definition) is 0. The molecule has 0 aliphatic heterocycles. The molecule has 0 fully saturated rings. The van der Waals surface area contributed by atoms with Gasteiger partial charge in [0, 0.05) is 5.02 Å². The van der Waals surface area contributed by atoms with Crippen LogP contribution in [0.3, 0.4) is 0 Å². The summed E-state index contributed by atoms with van der Waals surface area (Å²) < 4.78 is 0. The maximum absolute atomic E-state index is 5.96. The smallest absolute Gasteiger partial charge is 0.0409 e. The first-order valence-corrected chi connectivity index (χ1v) is 5.31. The molecule has 0 atom stereocenters. The average molecular weight is 197 g/mol. The Kier molecular flexibility index (Phi) is 3.80. The molecule has 1 heteroatoms. The van der Waals surface area contributed by atoms with E-state index in [9.17, 15) is 0 Å².